The number of carbonyl (C=O) groups is 2. The van der Waals surface area contributed by atoms with E-state index in [1.165, 1.54) is 14.2 Å². The zero-order chi connectivity index (χ0) is 51.3. The van der Waals surface area contributed by atoms with Gasteiger partial charge in [-0.05, 0) is 97.9 Å². The van der Waals surface area contributed by atoms with E-state index in [4.69, 9.17) is 28.9 Å². The number of allylic oxidation sites excluding steroid dienone is 5. The number of fused-ring (bicyclic) bond motifs is 4. The number of aromatic nitrogens is 5. The predicted molar refractivity (Wildman–Crippen MR) is 278 cm³/mol. The summed E-state index contributed by atoms with van der Waals surface area (Å²) in [7, 11) is 2.72. The molecule has 2 aromatic carbocycles. The number of methoxy groups -OCH3 is 2. The molecule has 7 atom stereocenters. The van der Waals surface area contributed by atoms with E-state index >= 15 is 0 Å². The third kappa shape index (κ3) is 11.2. The van der Waals surface area contributed by atoms with E-state index < -0.39 is 30.8 Å². The molecule has 9 rings (SSSR count). The number of benzene rings is 2. The number of carbonyl (C=O) groups excluding carboxylic acids is 2. The zero-order valence-electron chi connectivity index (χ0n) is 43.0. The first-order valence-corrected chi connectivity index (χ1v) is 25.8. The maximum Gasteiger partial charge on any atom is 0.407 e. The Bertz CT molecular complexity index is 2860. The zero-order valence-corrected chi connectivity index (χ0v) is 43.0. The standard InChI is InChI=1S/C56H71N9O8/c1-8-23-63(52(66)49(33(2)3)61-55(68)70-6)31-48-57-29-42(59-48)36-20-22-44-39(25-36)27-46-41-21-19-37(43-30-58-51(60-43)45-18-13-24-64(45)53(67)50(34(4)5)62-56(69)71-7)28-47(41)73-54(65(44)46)38-16-12-17-40(26-38)72-32-35-14-10-9-11-15-35/h9-12,14-15,17,20,22,25-30,33-34,38,45,49-50,52,54-55,61,66,68H,8,13,16,18-19,21,23-24,31-32H2,1-7H3,(H,57,59)(H,58,60)(H,62,69). The van der Waals surface area contributed by atoms with Crippen LogP contribution in [0, 0.1) is 17.8 Å². The predicted octanol–water partition coefficient (Wildman–Crippen LogP) is 8.66. The van der Waals surface area contributed by atoms with E-state index in [0.29, 0.717) is 26.2 Å². The van der Waals surface area contributed by atoms with Gasteiger partial charge in [-0.15, -0.1) is 0 Å². The van der Waals surface area contributed by atoms with Crippen molar-refractivity contribution in [1.82, 2.24) is 44.9 Å². The van der Waals surface area contributed by atoms with Crippen molar-refractivity contribution >= 4 is 34.0 Å². The van der Waals surface area contributed by atoms with E-state index in [1.807, 2.05) is 74.2 Å². The van der Waals surface area contributed by atoms with Crippen LogP contribution in [-0.2, 0) is 36.9 Å². The number of hydrogen-bond donors (Lipinski definition) is 6. The Hall–Kier alpha value is -6.50. The number of likely N-dealkylation sites (tertiary alicyclic amines) is 1. The van der Waals surface area contributed by atoms with Crippen LogP contribution in [0.5, 0.6) is 0 Å². The first-order valence-electron chi connectivity index (χ1n) is 25.8. The van der Waals surface area contributed by atoms with Crippen molar-refractivity contribution < 1.29 is 38.7 Å². The summed E-state index contributed by atoms with van der Waals surface area (Å²) in [6.07, 6.45) is 13.8. The van der Waals surface area contributed by atoms with Crippen LogP contribution in [0.4, 0.5) is 4.79 Å². The van der Waals surface area contributed by atoms with Crippen LogP contribution in [0.1, 0.15) is 114 Å². The average molecular weight is 998 g/mol. The molecule has 17 nitrogen and oxygen atoms in total. The summed E-state index contributed by atoms with van der Waals surface area (Å²) < 4.78 is 25.8. The second kappa shape index (κ2) is 22.7. The largest absolute Gasteiger partial charge is 0.489 e. The van der Waals surface area contributed by atoms with Gasteiger partial charge in [0.2, 0.25) is 12.3 Å². The number of nitrogens with one attached hydrogen (secondary N) is 4. The minimum atomic E-state index is -1.20. The van der Waals surface area contributed by atoms with Gasteiger partial charge in [0.25, 0.3) is 0 Å². The van der Waals surface area contributed by atoms with Gasteiger partial charge in [0.05, 0.1) is 60.7 Å². The SMILES string of the molecule is CCCN(Cc1ncc(-c2ccc3c(c2)cc2n3C(C3C=C(OCc4ccccc4)C=CC3)OC3=C2CCC(c2cnc(C4CCCN4C(=O)C(NC(=O)OC)C(C)C)[nH]2)=C3)[nH]1)C(O)C(NC(O)OC)C(C)C. The van der Waals surface area contributed by atoms with Crippen LogP contribution in [-0.4, -0.2) is 109 Å². The second-order valence-electron chi connectivity index (χ2n) is 20.2. The summed E-state index contributed by atoms with van der Waals surface area (Å²) in [5.41, 5.74) is 8.18. The molecule has 0 saturated carbocycles. The first kappa shape index (κ1) is 51.4. The van der Waals surface area contributed by atoms with Crippen molar-refractivity contribution in [3.8, 4) is 11.3 Å². The molecule has 17 heteroatoms. The normalized spacial score (nSPS) is 20.4. The van der Waals surface area contributed by atoms with E-state index in [0.717, 1.165) is 112 Å². The van der Waals surface area contributed by atoms with Gasteiger partial charge < -0.3 is 53.9 Å². The van der Waals surface area contributed by atoms with Gasteiger partial charge in [0, 0.05) is 42.6 Å². The van der Waals surface area contributed by atoms with Gasteiger partial charge in [-0.25, -0.2) is 14.8 Å². The van der Waals surface area contributed by atoms with Gasteiger partial charge in [0.1, 0.15) is 42.0 Å². The molecule has 2 amide bonds. The van der Waals surface area contributed by atoms with E-state index in [9.17, 15) is 19.8 Å². The van der Waals surface area contributed by atoms with E-state index in [2.05, 4.69) is 86.7 Å². The maximum atomic E-state index is 13.9. The van der Waals surface area contributed by atoms with E-state index in [-0.39, 0.29) is 35.9 Å². The fourth-order valence-corrected chi connectivity index (χ4v) is 10.7. The topological polar surface area (TPSA) is 204 Å². The number of nitrogens with zero attached hydrogens (tertiary/aromatic N) is 5. The van der Waals surface area contributed by atoms with Crippen LogP contribution < -0.4 is 10.6 Å². The summed E-state index contributed by atoms with van der Waals surface area (Å²) in [4.78, 5) is 46.7. The monoisotopic (exact) mass is 998 g/mol. The number of aliphatic hydroxyl groups excluding tert-OH is 2. The molecule has 388 valence electrons. The molecule has 73 heavy (non-hydrogen) atoms. The highest BCUT2D eigenvalue weighted by Crippen LogP contribution is 2.47. The van der Waals surface area contributed by atoms with Crippen molar-refractivity contribution in [2.45, 2.75) is 123 Å². The number of rotatable bonds is 20. The molecule has 7 unspecified atom stereocenters. The fourth-order valence-electron chi connectivity index (χ4n) is 10.7. The third-order valence-corrected chi connectivity index (χ3v) is 14.5. The van der Waals surface area contributed by atoms with Gasteiger partial charge in [-0.3, -0.25) is 15.0 Å². The Morgan fingerprint density at radius 3 is 2.55 bits per heavy atom. The molecular formula is C56H71N9O8. The van der Waals surface area contributed by atoms with Gasteiger partial charge in [0.15, 0.2) is 6.23 Å². The third-order valence-electron chi connectivity index (χ3n) is 14.5. The molecule has 0 spiro atoms. The average Bonchev–Trinajstić information content (AvgIpc) is 4.25. The number of aromatic amines is 2. The Labute approximate surface area is 427 Å². The molecule has 0 bridgehead atoms. The molecule has 1 fully saturated rings. The highest BCUT2D eigenvalue weighted by atomic mass is 16.6. The minimum absolute atomic E-state index is 0.0107. The number of amides is 2. The quantitative estimate of drug-likeness (QED) is 0.0406. The molecule has 5 aromatic rings. The lowest BCUT2D eigenvalue weighted by molar-refractivity contribution is -0.135. The van der Waals surface area contributed by atoms with Crippen LogP contribution in [0.3, 0.4) is 0 Å². The van der Waals surface area contributed by atoms with Crippen molar-refractivity contribution in [3.63, 3.8) is 0 Å². The lowest BCUT2D eigenvalue weighted by Gasteiger charge is -2.37. The van der Waals surface area contributed by atoms with Crippen molar-refractivity contribution in [2.24, 2.45) is 17.8 Å². The summed E-state index contributed by atoms with van der Waals surface area (Å²) in [6.45, 7) is 11.9. The highest BCUT2D eigenvalue weighted by molar-refractivity contribution is 5.91. The second-order valence-corrected chi connectivity index (χ2v) is 20.2. The van der Waals surface area contributed by atoms with Gasteiger partial charge in [-0.1, -0.05) is 77.1 Å². The summed E-state index contributed by atoms with van der Waals surface area (Å²) >= 11 is 0. The number of ether oxygens (including phenoxy) is 4. The van der Waals surface area contributed by atoms with Gasteiger partial charge in [-0.2, -0.15) is 0 Å². The summed E-state index contributed by atoms with van der Waals surface area (Å²) in [5.74, 6) is 2.75. The smallest absolute Gasteiger partial charge is 0.407 e. The van der Waals surface area contributed by atoms with Crippen LogP contribution in [0.2, 0.25) is 0 Å². The molecule has 3 aromatic heterocycles. The van der Waals surface area contributed by atoms with Crippen molar-refractivity contribution in [2.75, 3.05) is 27.3 Å². The molecule has 6 N–H and O–H groups in total. The summed E-state index contributed by atoms with van der Waals surface area (Å²) in [6, 6.07) is 17.5. The number of aliphatic hydroxyl groups is 2. The molecule has 2 aliphatic heterocycles. The lowest BCUT2D eigenvalue weighted by Crippen LogP contribution is -2.55. The minimum Gasteiger partial charge on any atom is -0.489 e. The number of H-pyrrole nitrogens is 2. The molecule has 4 aliphatic rings. The molecule has 1 saturated heterocycles. The fraction of sp³-hybridized carbons (Fsp3) is 0.464. The van der Waals surface area contributed by atoms with Crippen LogP contribution in [0.25, 0.3) is 33.3 Å². The Morgan fingerprint density at radius 2 is 1.79 bits per heavy atom. The molecule has 2 aliphatic carbocycles. The Balaban J connectivity index is 1.01. The molecule has 0 radical (unpaired) electrons. The number of imidazole rings is 2. The van der Waals surface area contributed by atoms with Crippen LogP contribution >= 0.6 is 0 Å². The van der Waals surface area contributed by atoms with E-state index in [1.54, 1.807) is 0 Å². The molecular weight excluding hydrogens is 927 g/mol. The van der Waals surface area contributed by atoms with Gasteiger partial charge >= 0.3 is 6.09 Å². The van der Waals surface area contributed by atoms with Crippen LogP contribution in [0.15, 0.2) is 103 Å². The Kier molecular flexibility index (Phi) is 16.0. The first-order chi connectivity index (χ1) is 35.3. The lowest BCUT2D eigenvalue weighted by atomic mass is 9.91. The van der Waals surface area contributed by atoms with Crippen molar-refractivity contribution in [1.29, 1.82) is 0 Å². The summed E-state index contributed by atoms with van der Waals surface area (Å²) in [5, 5.41) is 28.6. The maximum absolute atomic E-state index is 13.9. The molecule has 5 heterocycles. The number of alkyl carbamates (subject to hydrolysis) is 1. The Morgan fingerprint density at radius 1 is 0.986 bits per heavy atom. The van der Waals surface area contributed by atoms with Crippen molar-refractivity contribution in [3.05, 3.63) is 131 Å². The number of hydrogen-bond acceptors (Lipinski definition) is 12. The highest BCUT2D eigenvalue weighted by Gasteiger charge is 2.39.